The number of aromatic nitrogens is 4. The lowest BCUT2D eigenvalue weighted by atomic mass is 9.98. The van der Waals surface area contributed by atoms with E-state index in [1.54, 1.807) is 0 Å². The molecule has 102 valence electrons. The summed E-state index contributed by atoms with van der Waals surface area (Å²) >= 11 is 0. The third-order valence-electron chi connectivity index (χ3n) is 3.21. The lowest BCUT2D eigenvalue weighted by molar-refractivity contribution is -0.0532. The highest BCUT2D eigenvalue weighted by atomic mass is 19.1. The Balaban J connectivity index is 2.05. The van der Waals surface area contributed by atoms with Crippen LogP contribution < -0.4 is 5.73 Å². The smallest absolute Gasteiger partial charge is 0.196 e. The van der Waals surface area contributed by atoms with E-state index in [0.29, 0.717) is 5.69 Å². The molecule has 8 nitrogen and oxygen atoms in total. The Morgan fingerprint density at radius 1 is 1.58 bits per heavy atom. The number of hydrogen-bond acceptors (Lipinski definition) is 7. The summed E-state index contributed by atoms with van der Waals surface area (Å²) in [7, 11) is 0. The quantitative estimate of drug-likeness (QED) is 0.629. The largest absolute Gasteiger partial charge is 0.393 e. The average Bonchev–Trinajstić information content (AvgIpc) is 2.95. The molecule has 0 saturated carbocycles. The first-order valence-corrected chi connectivity index (χ1v) is 5.60. The van der Waals surface area contributed by atoms with Gasteiger partial charge in [-0.15, -0.1) is 0 Å². The van der Waals surface area contributed by atoms with E-state index >= 15 is 0 Å². The Hall–Kier alpha value is -1.84. The molecule has 0 unspecified atom stereocenters. The minimum Gasteiger partial charge on any atom is -0.393 e. The van der Waals surface area contributed by atoms with Crippen molar-refractivity contribution in [2.75, 3.05) is 18.9 Å². The predicted molar refractivity (Wildman–Crippen MR) is 60.8 cm³/mol. The first-order valence-electron chi connectivity index (χ1n) is 5.60. The Labute approximate surface area is 106 Å². The molecule has 0 aliphatic carbocycles. The van der Waals surface area contributed by atoms with Crippen LogP contribution in [0.4, 0.5) is 10.2 Å². The van der Waals surface area contributed by atoms with Gasteiger partial charge in [0.15, 0.2) is 17.6 Å². The average molecular weight is 269 g/mol. The molecule has 0 bridgehead atoms. The van der Waals surface area contributed by atoms with Gasteiger partial charge in [-0.25, -0.2) is 18.9 Å². The number of aliphatic hydroxyl groups is 2. The highest BCUT2D eigenvalue weighted by Gasteiger charge is 2.50. The lowest BCUT2D eigenvalue weighted by Crippen LogP contribution is -2.43. The van der Waals surface area contributed by atoms with Crippen molar-refractivity contribution in [2.45, 2.75) is 17.9 Å². The fourth-order valence-corrected chi connectivity index (χ4v) is 2.09. The molecule has 4 N–H and O–H groups in total. The van der Waals surface area contributed by atoms with Gasteiger partial charge in [-0.3, -0.25) is 0 Å². The fraction of sp³-hybridized carbons (Fsp3) is 0.500. The number of rotatable bonds is 2. The van der Waals surface area contributed by atoms with Crippen molar-refractivity contribution in [2.24, 2.45) is 0 Å². The van der Waals surface area contributed by atoms with Crippen LogP contribution in [-0.4, -0.2) is 54.8 Å². The van der Waals surface area contributed by atoms with Crippen molar-refractivity contribution in [3.8, 4) is 0 Å². The fourth-order valence-electron chi connectivity index (χ4n) is 2.09. The van der Waals surface area contributed by atoms with Gasteiger partial charge in [-0.1, -0.05) is 0 Å². The number of fused-ring (bicyclic) bond motifs is 1. The molecule has 3 atom stereocenters. The van der Waals surface area contributed by atoms with E-state index in [1.165, 1.54) is 17.0 Å². The van der Waals surface area contributed by atoms with Gasteiger partial charge >= 0.3 is 0 Å². The zero-order valence-electron chi connectivity index (χ0n) is 9.77. The molecule has 2 aromatic rings. The number of hydrogen-bond donors (Lipinski definition) is 3. The van der Waals surface area contributed by atoms with E-state index in [0.717, 1.165) is 0 Å². The van der Waals surface area contributed by atoms with Gasteiger partial charge in [0.25, 0.3) is 0 Å². The highest BCUT2D eigenvalue weighted by molar-refractivity contribution is 5.58. The molecule has 0 spiro atoms. The van der Waals surface area contributed by atoms with Gasteiger partial charge in [0, 0.05) is 0 Å². The lowest BCUT2D eigenvalue weighted by Gasteiger charge is -2.21. The van der Waals surface area contributed by atoms with Gasteiger partial charge in [0.05, 0.1) is 25.1 Å². The molecule has 0 radical (unpaired) electrons. The van der Waals surface area contributed by atoms with E-state index in [4.69, 9.17) is 15.6 Å². The number of nitrogens with zero attached hydrogens (tertiary/aromatic N) is 4. The number of anilines is 1. The topological polar surface area (TPSA) is 119 Å². The van der Waals surface area contributed by atoms with Gasteiger partial charge in [-0.2, -0.15) is 5.10 Å². The number of alkyl halides is 1. The molecule has 19 heavy (non-hydrogen) atoms. The normalized spacial score (nSPS) is 31.1. The van der Waals surface area contributed by atoms with E-state index in [2.05, 4.69) is 15.1 Å². The van der Waals surface area contributed by atoms with Crippen LogP contribution in [0.2, 0.25) is 0 Å². The zero-order valence-corrected chi connectivity index (χ0v) is 9.77. The molecule has 1 saturated heterocycles. The Kier molecular flexibility index (Phi) is 2.62. The maximum Gasteiger partial charge on any atom is 0.196 e. The number of halogens is 1. The van der Waals surface area contributed by atoms with Crippen LogP contribution in [0.15, 0.2) is 12.5 Å². The first kappa shape index (κ1) is 12.2. The summed E-state index contributed by atoms with van der Waals surface area (Å²) in [5, 5.41) is 22.8. The summed E-state index contributed by atoms with van der Waals surface area (Å²) in [4.78, 5) is 7.76. The number of aliphatic hydroxyl groups excluding tert-OH is 1. The number of ether oxygens (including phenoxy) is 1. The molecular weight excluding hydrogens is 257 g/mol. The van der Waals surface area contributed by atoms with Crippen molar-refractivity contribution in [3.63, 3.8) is 0 Å². The molecule has 0 amide bonds. The maximum atomic E-state index is 14.2. The van der Waals surface area contributed by atoms with Crippen LogP contribution in [0.1, 0.15) is 11.8 Å². The maximum absolute atomic E-state index is 14.2. The predicted octanol–water partition coefficient (Wildman–Crippen LogP) is -1.16. The molecule has 0 aromatic carbocycles. The van der Waals surface area contributed by atoms with Crippen molar-refractivity contribution in [3.05, 3.63) is 18.2 Å². The molecule has 1 aliphatic heterocycles. The van der Waals surface area contributed by atoms with Gasteiger partial charge in [0.2, 0.25) is 0 Å². The van der Waals surface area contributed by atoms with Gasteiger partial charge in [-0.05, 0) is 0 Å². The minimum absolute atomic E-state index is 0.159. The van der Waals surface area contributed by atoms with Crippen molar-refractivity contribution in [1.82, 2.24) is 19.6 Å². The summed E-state index contributed by atoms with van der Waals surface area (Å²) in [5.74, 6) is 0.159. The highest BCUT2D eigenvalue weighted by Crippen LogP contribution is 2.37. The summed E-state index contributed by atoms with van der Waals surface area (Å²) in [6.45, 7) is -1.03. The van der Waals surface area contributed by atoms with E-state index < -0.39 is 24.5 Å². The Bertz CT molecular complexity index is 620. The first-order chi connectivity index (χ1) is 9.07. The van der Waals surface area contributed by atoms with E-state index in [9.17, 15) is 9.50 Å². The van der Waals surface area contributed by atoms with Gasteiger partial charge < -0.3 is 20.7 Å². The summed E-state index contributed by atoms with van der Waals surface area (Å²) in [6, 6.07) is 0. The molecular formula is C10H12FN5O3. The van der Waals surface area contributed by atoms with Crippen molar-refractivity contribution in [1.29, 1.82) is 0 Å². The number of imidazole rings is 1. The zero-order chi connectivity index (χ0) is 13.6. The summed E-state index contributed by atoms with van der Waals surface area (Å²) in [6.07, 6.45) is -0.274. The summed E-state index contributed by atoms with van der Waals surface area (Å²) < 4.78 is 20.7. The molecule has 3 heterocycles. The third-order valence-corrected chi connectivity index (χ3v) is 3.21. The van der Waals surface area contributed by atoms with Crippen LogP contribution in [0.25, 0.3) is 5.65 Å². The van der Waals surface area contributed by atoms with Crippen LogP contribution in [0, 0.1) is 0 Å². The number of nitrogen functional groups attached to an aromatic ring is 1. The second-order valence-corrected chi connectivity index (χ2v) is 4.46. The molecule has 9 heteroatoms. The minimum atomic E-state index is -1.91. The van der Waals surface area contributed by atoms with Crippen LogP contribution in [-0.2, 0) is 4.74 Å². The Morgan fingerprint density at radius 2 is 2.37 bits per heavy atom. The van der Waals surface area contributed by atoms with Crippen LogP contribution >= 0.6 is 0 Å². The standard InChI is InChI=1S/C10H12FN5O3/c11-7-6(19-3-10(7,18)2-17)5-1-13-9-8(12)14-4-15-16(5)9/h1,4,6-7,17-18H,2-3H2,(H2,12,14,15)/t6-,7-,10+/m0/s1. The van der Waals surface area contributed by atoms with Crippen LogP contribution in [0.3, 0.4) is 0 Å². The SMILES string of the molecule is Nc1ncnn2c([C@@H]3OC[C@](O)(CO)[C@H]3F)cnc12. The molecule has 2 aromatic heterocycles. The van der Waals surface area contributed by atoms with Crippen molar-refractivity contribution < 1.29 is 19.3 Å². The third kappa shape index (κ3) is 1.66. The molecule has 3 rings (SSSR count). The Morgan fingerprint density at radius 3 is 3.05 bits per heavy atom. The molecule has 1 fully saturated rings. The van der Waals surface area contributed by atoms with E-state index in [1.807, 2.05) is 0 Å². The monoisotopic (exact) mass is 269 g/mol. The van der Waals surface area contributed by atoms with Gasteiger partial charge in [0.1, 0.15) is 18.0 Å². The van der Waals surface area contributed by atoms with Crippen molar-refractivity contribution >= 4 is 11.5 Å². The second kappa shape index (κ2) is 4.08. The number of nitrogens with two attached hydrogens (primary N) is 1. The van der Waals surface area contributed by atoms with Crippen LogP contribution in [0.5, 0.6) is 0 Å². The second-order valence-electron chi connectivity index (χ2n) is 4.46. The molecule has 1 aliphatic rings. The van der Waals surface area contributed by atoms with E-state index in [-0.39, 0.29) is 18.1 Å². The summed E-state index contributed by atoms with van der Waals surface area (Å²) in [5.41, 5.74) is 4.31.